The lowest BCUT2D eigenvalue weighted by Crippen LogP contribution is -2.04. The number of aromatic carboxylic acids is 1. The number of nitrogens with zero attached hydrogens (tertiary/aromatic N) is 2. The number of carboxylic acid groups (broad SMARTS) is 1. The lowest BCUT2D eigenvalue weighted by atomic mass is 10.1. The van der Waals surface area contributed by atoms with Gasteiger partial charge in [0.25, 0.3) is 0 Å². The Balaban J connectivity index is 2.58. The fourth-order valence-corrected chi connectivity index (χ4v) is 1.82. The van der Waals surface area contributed by atoms with Gasteiger partial charge in [-0.15, -0.1) is 0 Å². The molecule has 0 amide bonds. The molecule has 17 heavy (non-hydrogen) atoms. The molecule has 0 fully saturated rings. The van der Waals surface area contributed by atoms with Gasteiger partial charge < -0.3 is 9.67 Å². The Morgan fingerprint density at radius 2 is 2.24 bits per heavy atom. The number of benzene rings is 1. The van der Waals surface area contributed by atoms with Gasteiger partial charge in [-0.25, -0.2) is 9.78 Å². The van der Waals surface area contributed by atoms with Crippen LogP contribution in [0.4, 0.5) is 0 Å². The first-order chi connectivity index (χ1) is 8.13. The van der Waals surface area contributed by atoms with Gasteiger partial charge in [-0.05, 0) is 24.6 Å². The van der Waals surface area contributed by atoms with E-state index < -0.39 is 5.97 Å². The highest BCUT2D eigenvalue weighted by molar-refractivity contribution is 5.88. The van der Waals surface area contributed by atoms with Crippen molar-refractivity contribution in [3.05, 3.63) is 47.5 Å². The fourth-order valence-electron chi connectivity index (χ4n) is 1.82. The van der Waals surface area contributed by atoms with E-state index >= 15 is 0 Å². The van der Waals surface area contributed by atoms with Crippen LogP contribution in [0.25, 0.3) is 5.69 Å². The molecular formula is C13H14N2O2. The van der Waals surface area contributed by atoms with E-state index in [1.807, 2.05) is 30.7 Å². The first-order valence-electron chi connectivity index (χ1n) is 5.50. The highest BCUT2D eigenvalue weighted by Gasteiger charge is 2.09. The van der Waals surface area contributed by atoms with Crippen molar-refractivity contribution in [3.8, 4) is 5.69 Å². The van der Waals surface area contributed by atoms with Gasteiger partial charge in [0, 0.05) is 18.8 Å². The van der Waals surface area contributed by atoms with Crippen molar-refractivity contribution in [3.63, 3.8) is 0 Å². The highest BCUT2D eigenvalue weighted by atomic mass is 16.4. The van der Waals surface area contributed by atoms with Crippen molar-refractivity contribution in [2.24, 2.45) is 0 Å². The smallest absolute Gasteiger partial charge is 0.335 e. The van der Waals surface area contributed by atoms with Crippen molar-refractivity contribution in [1.29, 1.82) is 0 Å². The van der Waals surface area contributed by atoms with E-state index in [9.17, 15) is 4.79 Å². The SMILES string of the molecule is CCc1nccn1-c1cc(C(=O)O)ccc1C. The van der Waals surface area contributed by atoms with E-state index in [1.54, 1.807) is 18.3 Å². The Morgan fingerprint density at radius 1 is 1.47 bits per heavy atom. The van der Waals surface area contributed by atoms with Crippen LogP contribution in [0, 0.1) is 6.92 Å². The average Bonchev–Trinajstić information content (AvgIpc) is 2.77. The minimum absolute atomic E-state index is 0.293. The molecule has 0 aliphatic rings. The first kappa shape index (κ1) is 11.4. The van der Waals surface area contributed by atoms with Gasteiger partial charge in [0.15, 0.2) is 0 Å². The lowest BCUT2D eigenvalue weighted by Gasteiger charge is -2.10. The van der Waals surface area contributed by atoms with Crippen LogP contribution in [0.15, 0.2) is 30.6 Å². The number of hydrogen-bond acceptors (Lipinski definition) is 2. The monoisotopic (exact) mass is 230 g/mol. The van der Waals surface area contributed by atoms with Crippen LogP contribution in [0.5, 0.6) is 0 Å². The van der Waals surface area contributed by atoms with Crippen LogP contribution >= 0.6 is 0 Å². The van der Waals surface area contributed by atoms with Crippen LogP contribution < -0.4 is 0 Å². The van der Waals surface area contributed by atoms with Gasteiger partial charge in [0.1, 0.15) is 5.82 Å². The maximum absolute atomic E-state index is 11.0. The Labute approximate surface area is 99.5 Å². The average molecular weight is 230 g/mol. The molecule has 1 aromatic carbocycles. The van der Waals surface area contributed by atoms with Crippen LogP contribution in [0.1, 0.15) is 28.7 Å². The van der Waals surface area contributed by atoms with Crippen LogP contribution in [-0.4, -0.2) is 20.6 Å². The first-order valence-corrected chi connectivity index (χ1v) is 5.50. The quantitative estimate of drug-likeness (QED) is 0.881. The van der Waals surface area contributed by atoms with Gasteiger partial charge in [0.2, 0.25) is 0 Å². The van der Waals surface area contributed by atoms with Gasteiger partial charge >= 0.3 is 5.97 Å². The molecule has 88 valence electrons. The molecule has 4 nitrogen and oxygen atoms in total. The summed E-state index contributed by atoms with van der Waals surface area (Å²) in [5, 5.41) is 9.00. The maximum atomic E-state index is 11.0. The summed E-state index contributed by atoms with van der Waals surface area (Å²) in [5.74, 6) is 0.0139. The molecule has 2 aromatic rings. The van der Waals surface area contributed by atoms with E-state index in [0.29, 0.717) is 5.56 Å². The molecule has 0 atom stereocenters. The van der Waals surface area contributed by atoms with Crippen LogP contribution in [0.2, 0.25) is 0 Å². The van der Waals surface area contributed by atoms with Crippen molar-refractivity contribution >= 4 is 5.97 Å². The molecule has 0 bridgehead atoms. The third kappa shape index (κ3) is 2.06. The third-order valence-corrected chi connectivity index (χ3v) is 2.75. The summed E-state index contributed by atoms with van der Waals surface area (Å²) in [4.78, 5) is 15.2. The molecule has 0 aliphatic heterocycles. The molecule has 0 aliphatic carbocycles. The van der Waals surface area contributed by atoms with E-state index in [-0.39, 0.29) is 0 Å². The number of rotatable bonds is 3. The molecule has 0 saturated heterocycles. The van der Waals surface area contributed by atoms with Crippen LogP contribution in [-0.2, 0) is 6.42 Å². The second kappa shape index (κ2) is 4.41. The number of carbonyl (C=O) groups is 1. The number of hydrogen-bond donors (Lipinski definition) is 1. The van der Waals surface area contributed by atoms with Gasteiger partial charge in [-0.3, -0.25) is 0 Å². The normalized spacial score (nSPS) is 10.5. The topological polar surface area (TPSA) is 55.1 Å². The van der Waals surface area contributed by atoms with Crippen molar-refractivity contribution in [2.45, 2.75) is 20.3 Å². The number of imidazole rings is 1. The number of aryl methyl sites for hydroxylation is 2. The standard InChI is InChI=1S/C13H14N2O2/c1-3-12-14-6-7-15(12)11-8-10(13(16)17)5-4-9(11)2/h4-8H,3H2,1-2H3,(H,16,17). The van der Waals surface area contributed by atoms with Gasteiger partial charge in [0.05, 0.1) is 11.3 Å². The predicted octanol–water partition coefficient (Wildman–Crippen LogP) is 2.44. The molecule has 1 aromatic heterocycles. The maximum Gasteiger partial charge on any atom is 0.335 e. The molecule has 0 unspecified atom stereocenters. The highest BCUT2D eigenvalue weighted by Crippen LogP contribution is 2.18. The fraction of sp³-hybridized carbons (Fsp3) is 0.231. The Kier molecular flexibility index (Phi) is 2.95. The Morgan fingerprint density at radius 3 is 2.88 bits per heavy atom. The summed E-state index contributed by atoms with van der Waals surface area (Å²) in [6.45, 7) is 3.98. The molecule has 1 heterocycles. The summed E-state index contributed by atoms with van der Waals surface area (Å²) in [7, 11) is 0. The van der Waals surface area contributed by atoms with E-state index in [2.05, 4.69) is 4.98 Å². The second-order valence-corrected chi connectivity index (χ2v) is 3.87. The molecule has 1 N–H and O–H groups in total. The summed E-state index contributed by atoms with van der Waals surface area (Å²) >= 11 is 0. The van der Waals surface area contributed by atoms with Crippen LogP contribution in [0.3, 0.4) is 0 Å². The van der Waals surface area contributed by atoms with Crippen molar-refractivity contribution in [1.82, 2.24) is 9.55 Å². The molecular weight excluding hydrogens is 216 g/mol. The zero-order chi connectivity index (χ0) is 12.4. The van der Waals surface area contributed by atoms with Crippen molar-refractivity contribution in [2.75, 3.05) is 0 Å². The summed E-state index contributed by atoms with van der Waals surface area (Å²) in [5.41, 5.74) is 2.20. The minimum Gasteiger partial charge on any atom is -0.478 e. The minimum atomic E-state index is -0.913. The largest absolute Gasteiger partial charge is 0.478 e. The van der Waals surface area contributed by atoms with Crippen molar-refractivity contribution < 1.29 is 9.90 Å². The van der Waals surface area contributed by atoms with E-state index in [0.717, 1.165) is 23.5 Å². The second-order valence-electron chi connectivity index (χ2n) is 3.87. The number of aromatic nitrogens is 2. The lowest BCUT2D eigenvalue weighted by molar-refractivity contribution is 0.0697. The zero-order valence-electron chi connectivity index (χ0n) is 9.84. The molecule has 2 rings (SSSR count). The molecule has 4 heteroatoms. The Bertz CT molecular complexity index is 558. The predicted molar refractivity (Wildman–Crippen MR) is 64.6 cm³/mol. The summed E-state index contributed by atoms with van der Waals surface area (Å²) < 4.78 is 1.93. The van der Waals surface area contributed by atoms with Gasteiger partial charge in [-0.2, -0.15) is 0 Å². The molecule has 0 saturated carbocycles. The van der Waals surface area contributed by atoms with E-state index in [1.165, 1.54) is 0 Å². The molecule has 0 radical (unpaired) electrons. The van der Waals surface area contributed by atoms with Gasteiger partial charge in [-0.1, -0.05) is 13.0 Å². The Hall–Kier alpha value is -2.10. The molecule has 0 spiro atoms. The summed E-state index contributed by atoms with van der Waals surface area (Å²) in [6, 6.07) is 5.11. The third-order valence-electron chi connectivity index (χ3n) is 2.75. The van der Waals surface area contributed by atoms with E-state index in [4.69, 9.17) is 5.11 Å². The number of carboxylic acids is 1. The summed E-state index contributed by atoms with van der Waals surface area (Å²) in [6.07, 6.45) is 4.39. The zero-order valence-corrected chi connectivity index (χ0v) is 9.84.